The maximum absolute atomic E-state index is 3.88. The summed E-state index contributed by atoms with van der Waals surface area (Å²) in [6, 6.07) is 0. The smallest absolute Gasteiger partial charge is 0.0143 e. The van der Waals surface area contributed by atoms with Crippen LogP contribution in [-0.2, 0) is 0 Å². The monoisotopic (exact) mass is 209 g/mol. The van der Waals surface area contributed by atoms with Crippen molar-refractivity contribution in [2.45, 2.75) is 41.0 Å². The zero-order chi connectivity index (χ0) is 11.9. The summed E-state index contributed by atoms with van der Waals surface area (Å²) in [5.41, 5.74) is 0.243. The molecule has 15 heavy (non-hydrogen) atoms. The van der Waals surface area contributed by atoms with Gasteiger partial charge in [0.05, 0.1) is 0 Å². The molecule has 0 aliphatic heterocycles. The van der Waals surface area contributed by atoms with Crippen molar-refractivity contribution < 1.29 is 0 Å². The van der Waals surface area contributed by atoms with Gasteiger partial charge in [-0.05, 0) is 37.8 Å². The summed E-state index contributed by atoms with van der Waals surface area (Å²) >= 11 is 0. The van der Waals surface area contributed by atoms with E-state index in [1.165, 1.54) is 0 Å². The summed E-state index contributed by atoms with van der Waals surface area (Å²) in [5.74, 6) is 0.610. The molecular weight excluding hydrogens is 182 g/mol. The second kappa shape index (κ2) is 6.71. The lowest BCUT2D eigenvalue weighted by Gasteiger charge is -2.23. The predicted octanol–water partition coefficient (Wildman–Crippen LogP) is 4.08. The van der Waals surface area contributed by atoms with Crippen molar-refractivity contribution in [1.82, 2.24) is 4.90 Å². The van der Waals surface area contributed by atoms with E-state index < -0.39 is 0 Å². The molecule has 0 aromatic heterocycles. The predicted molar refractivity (Wildman–Crippen MR) is 69.8 cm³/mol. The van der Waals surface area contributed by atoms with E-state index in [4.69, 9.17) is 0 Å². The Labute approximate surface area is 95.9 Å². The van der Waals surface area contributed by atoms with Gasteiger partial charge < -0.3 is 4.90 Å². The molecule has 1 atom stereocenters. The van der Waals surface area contributed by atoms with Crippen molar-refractivity contribution in [2.24, 2.45) is 11.3 Å². The van der Waals surface area contributed by atoms with Crippen LogP contribution in [0.1, 0.15) is 41.0 Å². The van der Waals surface area contributed by atoms with E-state index in [1.807, 2.05) is 0 Å². The Bertz CT molecular complexity index is 199. The van der Waals surface area contributed by atoms with Gasteiger partial charge in [0.2, 0.25) is 0 Å². The second-order valence-corrected chi connectivity index (χ2v) is 4.94. The first-order chi connectivity index (χ1) is 6.95. The molecule has 0 aliphatic carbocycles. The highest BCUT2D eigenvalue weighted by molar-refractivity contribution is 4.94. The van der Waals surface area contributed by atoms with Crippen LogP contribution in [0.3, 0.4) is 0 Å². The van der Waals surface area contributed by atoms with Gasteiger partial charge in [-0.2, -0.15) is 0 Å². The van der Waals surface area contributed by atoms with Crippen LogP contribution in [0.2, 0.25) is 0 Å². The van der Waals surface area contributed by atoms with E-state index in [-0.39, 0.29) is 5.41 Å². The maximum atomic E-state index is 3.88. The number of hydrogen-bond donors (Lipinski definition) is 0. The first kappa shape index (κ1) is 14.3. The average molecular weight is 209 g/mol. The third kappa shape index (κ3) is 6.38. The Hall–Kier alpha value is -0.720. The van der Waals surface area contributed by atoms with Crippen molar-refractivity contribution in [3.63, 3.8) is 0 Å². The molecule has 0 aliphatic rings. The minimum absolute atomic E-state index is 0.243. The number of allylic oxidation sites excluding steroid dienone is 2. The first-order valence-corrected chi connectivity index (χ1v) is 6.01. The minimum atomic E-state index is 0.243. The molecule has 1 unspecified atom stereocenters. The van der Waals surface area contributed by atoms with Gasteiger partial charge in [-0.1, -0.05) is 32.9 Å². The molecule has 0 rings (SSSR count). The number of nitrogens with zero attached hydrogens (tertiary/aromatic N) is 1. The fourth-order valence-electron chi connectivity index (χ4n) is 1.68. The van der Waals surface area contributed by atoms with Crippen LogP contribution in [-0.4, -0.2) is 18.0 Å². The van der Waals surface area contributed by atoms with Crippen LogP contribution in [0, 0.1) is 11.3 Å². The highest BCUT2D eigenvalue weighted by Gasteiger charge is 2.15. The molecule has 0 spiro atoms. The van der Waals surface area contributed by atoms with Gasteiger partial charge in [0.15, 0.2) is 0 Å². The summed E-state index contributed by atoms with van der Waals surface area (Å²) in [6.45, 7) is 17.2. The van der Waals surface area contributed by atoms with Crippen molar-refractivity contribution in [1.29, 1.82) is 0 Å². The molecule has 0 aromatic rings. The zero-order valence-electron chi connectivity index (χ0n) is 11.1. The van der Waals surface area contributed by atoms with Crippen LogP contribution >= 0.6 is 0 Å². The summed E-state index contributed by atoms with van der Waals surface area (Å²) < 4.78 is 0. The molecule has 0 N–H and O–H groups in total. The average Bonchev–Trinajstić information content (AvgIpc) is 2.19. The fraction of sp³-hybridized carbons (Fsp3) is 0.714. The van der Waals surface area contributed by atoms with Gasteiger partial charge >= 0.3 is 0 Å². The normalized spacial score (nSPS) is 14.2. The number of rotatable bonds is 7. The highest BCUT2D eigenvalue weighted by Crippen LogP contribution is 2.26. The molecule has 1 heteroatoms. The zero-order valence-corrected chi connectivity index (χ0v) is 11.1. The second-order valence-electron chi connectivity index (χ2n) is 4.94. The molecule has 1 nitrogen and oxygen atoms in total. The van der Waals surface area contributed by atoms with E-state index in [0.717, 1.165) is 19.5 Å². The van der Waals surface area contributed by atoms with Crippen LogP contribution in [0.15, 0.2) is 24.9 Å². The Morgan fingerprint density at radius 2 is 1.80 bits per heavy atom. The quantitative estimate of drug-likeness (QED) is 0.571. The first-order valence-electron chi connectivity index (χ1n) is 6.01. The van der Waals surface area contributed by atoms with Crippen LogP contribution < -0.4 is 0 Å². The van der Waals surface area contributed by atoms with E-state index >= 15 is 0 Å². The molecule has 0 saturated carbocycles. The van der Waals surface area contributed by atoms with Crippen molar-refractivity contribution in [2.75, 3.05) is 13.1 Å². The van der Waals surface area contributed by atoms with E-state index in [9.17, 15) is 0 Å². The third-order valence-corrected chi connectivity index (χ3v) is 2.84. The topological polar surface area (TPSA) is 3.24 Å². The van der Waals surface area contributed by atoms with Gasteiger partial charge in [-0.15, -0.1) is 6.58 Å². The van der Waals surface area contributed by atoms with Gasteiger partial charge in [0.25, 0.3) is 0 Å². The van der Waals surface area contributed by atoms with Crippen LogP contribution in [0.25, 0.3) is 0 Å². The molecule has 0 aromatic carbocycles. The van der Waals surface area contributed by atoms with E-state index in [0.29, 0.717) is 5.92 Å². The molecule has 88 valence electrons. The highest BCUT2D eigenvalue weighted by atomic mass is 15.1. The number of hydrogen-bond acceptors (Lipinski definition) is 1. The molecule has 0 fully saturated rings. The standard InChI is InChI=1S/C14H27N/c1-7-14(5,6)12-13(4)10-11-15(8-2)9-3/h7,10-11,13H,1,8-9,12H2,2-6H3. The molecular formula is C14H27N. The van der Waals surface area contributed by atoms with Gasteiger partial charge in [0, 0.05) is 13.1 Å². The van der Waals surface area contributed by atoms with Crippen molar-refractivity contribution >= 4 is 0 Å². The third-order valence-electron chi connectivity index (χ3n) is 2.84. The van der Waals surface area contributed by atoms with E-state index in [1.54, 1.807) is 0 Å². The summed E-state index contributed by atoms with van der Waals surface area (Å²) in [4.78, 5) is 2.32. The van der Waals surface area contributed by atoms with Gasteiger partial charge in [-0.25, -0.2) is 0 Å². The largest absolute Gasteiger partial charge is 0.378 e. The lowest BCUT2D eigenvalue weighted by atomic mass is 9.83. The Balaban J connectivity index is 4.12. The van der Waals surface area contributed by atoms with E-state index in [2.05, 4.69) is 64.4 Å². The van der Waals surface area contributed by atoms with Crippen LogP contribution in [0.5, 0.6) is 0 Å². The lowest BCUT2D eigenvalue weighted by molar-refractivity contribution is 0.377. The molecule has 0 heterocycles. The summed E-state index contributed by atoms with van der Waals surface area (Å²) in [6.07, 6.45) is 7.74. The minimum Gasteiger partial charge on any atom is -0.378 e. The van der Waals surface area contributed by atoms with Crippen LogP contribution in [0.4, 0.5) is 0 Å². The van der Waals surface area contributed by atoms with Gasteiger partial charge in [-0.3, -0.25) is 0 Å². The molecule has 0 amide bonds. The molecule has 0 bridgehead atoms. The summed E-state index contributed by atoms with van der Waals surface area (Å²) in [5, 5.41) is 0. The summed E-state index contributed by atoms with van der Waals surface area (Å²) in [7, 11) is 0. The molecule has 0 saturated heterocycles. The Morgan fingerprint density at radius 3 is 2.20 bits per heavy atom. The maximum Gasteiger partial charge on any atom is 0.0143 e. The van der Waals surface area contributed by atoms with Crippen molar-refractivity contribution in [3.05, 3.63) is 24.9 Å². The Kier molecular flexibility index (Phi) is 6.38. The Morgan fingerprint density at radius 1 is 1.27 bits per heavy atom. The molecule has 0 radical (unpaired) electrons. The van der Waals surface area contributed by atoms with Gasteiger partial charge in [0.1, 0.15) is 0 Å². The SMILES string of the molecule is C=CC(C)(C)CC(C)C=CN(CC)CC. The van der Waals surface area contributed by atoms with Crippen molar-refractivity contribution in [3.8, 4) is 0 Å². The lowest BCUT2D eigenvalue weighted by Crippen LogP contribution is -2.16. The fourth-order valence-corrected chi connectivity index (χ4v) is 1.68.